The zero-order valence-electron chi connectivity index (χ0n) is 10.5. The predicted molar refractivity (Wildman–Crippen MR) is 75.2 cm³/mol. The van der Waals surface area contributed by atoms with Gasteiger partial charge in [-0.1, -0.05) is 17.7 Å². The van der Waals surface area contributed by atoms with Crippen LogP contribution in [-0.2, 0) is 0 Å². The molecule has 94 valence electrons. The van der Waals surface area contributed by atoms with Gasteiger partial charge in [0.05, 0.1) is 10.9 Å². The fourth-order valence-electron chi connectivity index (χ4n) is 1.85. The Bertz CT molecular complexity index is 723. The molecule has 0 fully saturated rings. The number of benzene rings is 2. The molecular formula is C15H13N3O. The van der Waals surface area contributed by atoms with E-state index in [1.165, 1.54) is 11.9 Å². The Kier molecular flexibility index (Phi) is 2.76. The molecule has 1 heterocycles. The van der Waals surface area contributed by atoms with E-state index >= 15 is 0 Å². The molecule has 0 spiro atoms. The molecule has 0 unspecified atom stereocenters. The van der Waals surface area contributed by atoms with Crippen molar-refractivity contribution in [1.29, 1.82) is 0 Å². The lowest BCUT2D eigenvalue weighted by molar-refractivity contribution is 0.468. The van der Waals surface area contributed by atoms with Crippen LogP contribution in [0, 0.1) is 6.92 Å². The van der Waals surface area contributed by atoms with Crippen LogP contribution >= 0.6 is 0 Å². The second kappa shape index (κ2) is 4.57. The van der Waals surface area contributed by atoms with Gasteiger partial charge in [-0.15, -0.1) is 0 Å². The van der Waals surface area contributed by atoms with Crippen molar-refractivity contribution in [3.63, 3.8) is 0 Å². The number of ether oxygens (including phenoxy) is 1. The van der Waals surface area contributed by atoms with Crippen LogP contribution in [0.5, 0.6) is 11.6 Å². The molecule has 1 aromatic heterocycles. The molecule has 0 aliphatic rings. The highest BCUT2D eigenvalue weighted by molar-refractivity contribution is 5.85. The van der Waals surface area contributed by atoms with Crippen LogP contribution in [0.4, 0.5) is 5.69 Å². The standard InChI is InChI=1S/C15H13N3O/c1-10-2-5-12(6-3-10)19-15-13-7-4-11(16)8-14(13)17-9-18-15/h2-9H,16H2,1H3. The zero-order chi connectivity index (χ0) is 13.2. The Balaban J connectivity index is 2.03. The van der Waals surface area contributed by atoms with Gasteiger partial charge in [0, 0.05) is 5.69 Å². The van der Waals surface area contributed by atoms with Gasteiger partial charge < -0.3 is 10.5 Å². The van der Waals surface area contributed by atoms with Crippen LogP contribution in [0.25, 0.3) is 10.9 Å². The molecule has 19 heavy (non-hydrogen) atoms. The molecule has 0 amide bonds. The minimum absolute atomic E-state index is 0.536. The number of aryl methyl sites for hydroxylation is 1. The van der Waals surface area contributed by atoms with E-state index < -0.39 is 0 Å². The lowest BCUT2D eigenvalue weighted by atomic mass is 10.2. The normalized spacial score (nSPS) is 10.6. The summed E-state index contributed by atoms with van der Waals surface area (Å²) < 4.78 is 5.79. The number of hydrogen-bond donors (Lipinski definition) is 1. The van der Waals surface area contributed by atoms with E-state index in [-0.39, 0.29) is 0 Å². The van der Waals surface area contributed by atoms with E-state index in [2.05, 4.69) is 9.97 Å². The molecule has 2 N–H and O–H groups in total. The molecule has 4 nitrogen and oxygen atoms in total. The SMILES string of the molecule is Cc1ccc(Oc2ncnc3cc(N)ccc23)cc1. The summed E-state index contributed by atoms with van der Waals surface area (Å²) in [4.78, 5) is 8.37. The maximum Gasteiger partial charge on any atom is 0.230 e. The van der Waals surface area contributed by atoms with Gasteiger partial charge in [-0.05, 0) is 37.3 Å². The molecule has 0 saturated heterocycles. The summed E-state index contributed by atoms with van der Waals surface area (Å²) in [6.07, 6.45) is 1.48. The maximum atomic E-state index is 5.79. The second-order valence-corrected chi connectivity index (χ2v) is 4.37. The lowest BCUT2D eigenvalue weighted by Crippen LogP contribution is -1.92. The van der Waals surface area contributed by atoms with Crippen molar-refractivity contribution in [3.8, 4) is 11.6 Å². The second-order valence-electron chi connectivity index (χ2n) is 4.37. The molecule has 3 rings (SSSR count). The lowest BCUT2D eigenvalue weighted by Gasteiger charge is -2.07. The minimum Gasteiger partial charge on any atom is -0.438 e. The van der Waals surface area contributed by atoms with Gasteiger partial charge in [0.1, 0.15) is 12.1 Å². The number of anilines is 1. The predicted octanol–water partition coefficient (Wildman–Crippen LogP) is 3.31. The third kappa shape index (κ3) is 2.33. The number of hydrogen-bond acceptors (Lipinski definition) is 4. The average molecular weight is 251 g/mol. The summed E-state index contributed by atoms with van der Waals surface area (Å²) in [6, 6.07) is 13.3. The Morgan fingerprint density at radius 3 is 2.58 bits per heavy atom. The van der Waals surface area contributed by atoms with Crippen LogP contribution < -0.4 is 10.5 Å². The first kappa shape index (κ1) is 11.5. The van der Waals surface area contributed by atoms with E-state index in [0.717, 1.165) is 16.7 Å². The topological polar surface area (TPSA) is 61.0 Å². The number of nitrogen functional groups attached to an aromatic ring is 1. The van der Waals surface area contributed by atoms with Gasteiger partial charge in [0.15, 0.2) is 0 Å². The Morgan fingerprint density at radius 2 is 1.79 bits per heavy atom. The van der Waals surface area contributed by atoms with Crippen LogP contribution in [0.2, 0.25) is 0 Å². The molecule has 0 aliphatic heterocycles. The zero-order valence-corrected chi connectivity index (χ0v) is 10.5. The molecule has 0 atom stereocenters. The molecular weight excluding hydrogens is 238 g/mol. The quantitative estimate of drug-likeness (QED) is 0.710. The molecule has 3 aromatic rings. The van der Waals surface area contributed by atoms with Gasteiger partial charge in [-0.2, -0.15) is 0 Å². The Labute approximate surface area is 110 Å². The van der Waals surface area contributed by atoms with Gasteiger partial charge in [-0.3, -0.25) is 0 Å². The molecule has 0 bridgehead atoms. The molecule has 0 saturated carbocycles. The first-order chi connectivity index (χ1) is 9.22. The summed E-state index contributed by atoms with van der Waals surface area (Å²) >= 11 is 0. The van der Waals surface area contributed by atoms with Crippen molar-refractivity contribution in [2.24, 2.45) is 0 Å². The summed E-state index contributed by atoms with van der Waals surface area (Å²) in [5.74, 6) is 1.29. The van der Waals surface area contributed by atoms with Crippen LogP contribution in [0.15, 0.2) is 48.8 Å². The first-order valence-corrected chi connectivity index (χ1v) is 5.97. The van der Waals surface area contributed by atoms with Crippen LogP contribution in [0.3, 0.4) is 0 Å². The molecule has 0 aliphatic carbocycles. The van der Waals surface area contributed by atoms with Crippen molar-refractivity contribution >= 4 is 16.6 Å². The third-order valence-electron chi connectivity index (χ3n) is 2.86. The van der Waals surface area contributed by atoms with Gasteiger partial charge in [0.2, 0.25) is 5.88 Å². The van der Waals surface area contributed by atoms with Crippen molar-refractivity contribution in [1.82, 2.24) is 9.97 Å². The fourth-order valence-corrected chi connectivity index (χ4v) is 1.85. The van der Waals surface area contributed by atoms with Crippen molar-refractivity contribution < 1.29 is 4.74 Å². The number of fused-ring (bicyclic) bond motifs is 1. The smallest absolute Gasteiger partial charge is 0.230 e. The van der Waals surface area contributed by atoms with Gasteiger partial charge >= 0.3 is 0 Å². The van der Waals surface area contributed by atoms with Crippen LogP contribution in [0.1, 0.15) is 5.56 Å². The maximum absolute atomic E-state index is 5.79. The monoisotopic (exact) mass is 251 g/mol. The molecule has 2 aromatic carbocycles. The van der Waals surface area contributed by atoms with Crippen molar-refractivity contribution in [3.05, 3.63) is 54.4 Å². The van der Waals surface area contributed by atoms with E-state index in [9.17, 15) is 0 Å². The number of nitrogens with two attached hydrogens (primary N) is 1. The summed E-state index contributed by atoms with van der Waals surface area (Å²) in [5, 5.41) is 0.845. The fraction of sp³-hybridized carbons (Fsp3) is 0.0667. The van der Waals surface area contributed by atoms with Crippen molar-refractivity contribution in [2.45, 2.75) is 6.92 Å². The van der Waals surface area contributed by atoms with Crippen LogP contribution in [-0.4, -0.2) is 9.97 Å². The third-order valence-corrected chi connectivity index (χ3v) is 2.86. The van der Waals surface area contributed by atoms with E-state index in [1.54, 1.807) is 6.07 Å². The highest BCUT2D eigenvalue weighted by Gasteiger charge is 2.06. The first-order valence-electron chi connectivity index (χ1n) is 5.97. The highest BCUT2D eigenvalue weighted by atomic mass is 16.5. The largest absolute Gasteiger partial charge is 0.438 e. The Morgan fingerprint density at radius 1 is 1.00 bits per heavy atom. The summed E-state index contributed by atoms with van der Waals surface area (Å²) in [7, 11) is 0. The summed E-state index contributed by atoms with van der Waals surface area (Å²) in [6.45, 7) is 2.03. The molecule has 0 radical (unpaired) electrons. The summed E-state index contributed by atoms with van der Waals surface area (Å²) in [5.41, 5.74) is 8.38. The van der Waals surface area contributed by atoms with E-state index in [4.69, 9.17) is 10.5 Å². The van der Waals surface area contributed by atoms with Gasteiger partial charge in [0.25, 0.3) is 0 Å². The van der Waals surface area contributed by atoms with E-state index in [1.807, 2.05) is 43.3 Å². The molecule has 4 heteroatoms. The number of nitrogens with zero attached hydrogens (tertiary/aromatic N) is 2. The number of aromatic nitrogens is 2. The highest BCUT2D eigenvalue weighted by Crippen LogP contribution is 2.27. The minimum atomic E-state index is 0.536. The van der Waals surface area contributed by atoms with Gasteiger partial charge in [-0.25, -0.2) is 9.97 Å². The van der Waals surface area contributed by atoms with E-state index in [0.29, 0.717) is 11.6 Å². The van der Waals surface area contributed by atoms with Crippen molar-refractivity contribution in [2.75, 3.05) is 5.73 Å². The number of rotatable bonds is 2. The average Bonchev–Trinajstić information content (AvgIpc) is 2.41. The Hall–Kier alpha value is -2.62.